The van der Waals surface area contributed by atoms with E-state index >= 15 is 0 Å². The second-order valence-electron chi connectivity index (χ2n) is 3.75. The summed E-state index contributed by atoms with van der Waals surface area (Å²) < 4.78 is 4.24. The van der Waals surface area contributed by atoms with Crippen LogP contribution in [0.25, 0.3) is 0 Å². The molecule has 0 bridgehead atoms. The van der Waals surface area contributed by atoms with Crippen molar-refractivity contribution in [2.45, 2.75) is 32.8 Å². The lowest BCUT2D eigenvalue weighted by molar-refractivity contribution is 0.192. The molecule has 1 atom stereocenters. The van der Waals surface area contributed by atoms with Crippen LogP contribution in [0.15, 0.2) is 0 Å². The van der Waals surface area contributed by atoms with Gasteiger partial charge in [0.2, 0.25) is 5.13 Å². The first kappa shape index (κ1) is 13.3. The van der Waals surface area contributed by atoms with Gasteiger partial charge >= 0.3 is 0 Å². The predicted octanol–water partition coefficient (Wildman–Crippen LogP) is 0.873. The number of anilines is 1. The van der Waals surface area contributed by atoms with Crippen LogP contribution in [0.2, 0.25) is 0 Å². The van der Waals surface area contributed by atoms with E-state index in [-0.39, 0.29) is 6.10 Å². The first-order valence-electron chi connectivity index (χ1n) is 5.67. The van der Waals surface area contributed by atoms with E-state index < -0.39 is 0 Å². The van der Waals surface area contributed by atoms with E-state index in [0.717, 1.165) is 36.9 Å². The normalized spacial score (nSPS) is 12.7. The van der Waals surface area contributed by atoms with Crippen molar-refractivity contribution in [2.75, 3.05) is 25.0 Å². The van der Waals surface area contributed by atoms with E-state index in [1.54, 1.807) is 6.92 Å². The highest BCUT2D eigenvalue weighted by Crippen LogP contribution is 2.11. The van der Waals surface area contributed by atoms with Gasteiger partial charge in [0, 0.05) is 37.6 Å². The summed E-state index contributed by atoms with van der Waals surface area (Å²) in [5.41, 5.74) is 0. The molecule has 0 spiro atoms. The number of rotatable bonds is 8. The Morgan fingerprint density at radius 2 is 2.25 bits per heavy atom. The first-order valence-corrected chi connectivity index (χ1v) is 6.45. The van der Waals surface area contributed by atoms with Crippen molar-refractivity contribution in [3.05, 3.63) is 5.82 Å². The number of nitrogens with zero attached hydrogens (tertiary/aromatic N) is 2. The third-order valence-electron chi connectivity index (χ3n) is 1.96. The van der Waals surface area contributed by atoms with Gasteiger partial charge in [-0.3, -0.25) is 0 Å². The zero-order valence-electron chi connectivity index (χ0n) is 9.86. The lowest BCUT2D eigenvalue weighted by atomic mass is 10.3. The van der Waals surface area contributed by atoms with Crippen LogP contribution in [0.3, 0.4) is 0 Å². The second kappa shape index (κ2) is 7.54. The van der Waals surface area contributed by atoms with Crippen molar-refractivity contribution in [2.24, 2.45) is 0 Å². The van der Waals surface area contributed by atoms with Crippen molar-refractivity contribution in [3.63, 3.8) is 0 Å². The van der Waals surface area contributed by atoms with Crippen molar-refractivity contribution >= 4 is 16.7 Å². The van der Waals surface area contributed by atoms with E-state index in [9.17, 15) is 0 Å². The van der Waals surface area contributed by atoms with Gasteiger partial charge in [-0.2, -0.15) is 4.37 Å². The highest BCUT2D eigenvalue weighted by molar-refractivity contribution is 7.09. The number of hydrogen-bond donors (Lipinski definition) is 3. The zero-order valence-corrected chi connectivity index (χ0v) is 10.7. The molecule has 1 rings (SSSR count). The van der Waals surface area contributed by atoms with Crippen LogP contribution in [0, 0.1) is 0 Å². The molecule has 0 saturated heterocycles. The van der Waals surface area contributed by atoms with Gasteiger partial charge in [-0.15, -0.1) is 0 Å². The molecule has 0 aliphatic carbocycles. The van der Waals surface area contributed by atoms with Crippen molar-refractivity contribution in [1.82, 2.24) is 14.7 Å². The molecule has 1 aromatic heterocycles. The summed E-state index contributed by atoms with van der Waals surface area (Å²) in [6, 6.07) is 0. The highest BCUT2D eigenvalue weighted by Gasteiger charge is 2.01. The topological polar surface area (TPSA) is 70.1 Å². The van der Waals surface area contributed by atoms with E-state index in [1.165, 1.54) is 11.5 Å². The maximum absolute atomic E-state index is 9.03. The molecule has 6 heteroatoms. The lowest BCUT2D eigenvalue weighted by Crippen LogP contribution is -2.28. The third kappa shape index (κ3) is 5.39. The van der Waals surface area contributed by atoms with Crippen molar-refractivity contribution in [3.8, 4) is 0 Å². The summed E-state index contributed by atoms with van der Waals surface area (Å²) in [5, 5.41) is 16.2. The fraction of sp³-hybridized carbons (Fsp3) is 0.800. The van der Waals surface area contributed by atoms with Gasteiger partial charge in [-0.1, -0.05) is 6.92 Å². The lowest BCUT2D eigenvalue weighted by Gasteiger charge is -2.06. The average Bonchev–Trinajstić information content (AvgIpc) is 2.65. The van der Waals surface area contributed by atoms with Gasteiger partial charge < -0.3 is 15.7 Å². The molecule has 0 aliphatic rings. The first-order chi connectivity index (χ1) is 7.72. The fourth-order valence-electron chi connectivity index (χ4n) is 1.22. The molecule has 0 amide bonds. The van der Waals surface area contributed by atoms with Crippen LogP contribution in [0.5, 0.6) is 0 Å². The molecule has 1 unspecified atom stereocenters. The van der Waals surface area contributed by atoms with Crippen LogP contribution >= 0.6 is 11.5 Å². The largest absolute Gasteiger partial charge is 0.392 e. The molecule has 1 aromatic rings. The number of aryl methyl sites for hydroxylation is 1. The summed E-state index contributed by atoms with van der Waals surface area (Å²) >= 11 is 1.40. The van der Waals surface area contributed by atoms with Gasteiger partial charge in [-0.25, -0.2) is 4.98 Å². The van der Waals surface area contributed by atoms with Gasteiger partial charge in [0.25, 0.3) is 0 Å². The summed E-state index contributed by atoms with van der Waals surface area (Å²) in [7, 11) is 0. The fourth-order valence-corrected chi connectivity index (χ4v) is 1.86. The third-order valence-corrected chi connectivity index (χ3v) is 2.67. The Kier molecular flexibility index (Phi) is 6.29. The van der Waals surface area contributed by atoms with E-state index in [4.69, 9.17) is 5.11 Å². The Morgan fingerprint density at radius 1 is 1.44 bits per heavy atom. The Bertz CT molecular complexity index is 290. The number of nitrogens with one attached hydrogen (secondary N) is 2. The molecule has 0 radical (unpaired) electrons. The predicted molar refractivity (Wildman–Crippen MR) is 66.9 cm³/mol. The quantitative estimate of drug-likeness (QED) is 0.592. The van der Waals surface area contributed by atoms with Crippen molar-refractivity contribution in [1.29, 1.82) is 0 Å². The maximum Gasteiger partial charge on any atom is 0.202 e. The minimum Gasteiger partial charge on any atom is -0.392 e. The van der Waals surface area contributed by atoms with Crippen LogP contribution < -0.4 is 10.6 Å². The van der Waals surface area contributed by atoms with E-state index in [2.05, 4.69) is 26.9 Å². The number of aliphatic hydroxyl groups is 1. The van der Waals surface area contributed by atoms with E-state index in [0.29, 0.717) is 6.54 Å². The van der Waals surface area contributed by atoms with Crippen LogP contribution in [-0.4, -0.2) is 40.2 Å². The molecule has 0 saturated carbocycles. The molecular formula is C10H20N4OS. The maximum atomic E-state index is 9.03. The van der Waals surface area contributed by atoms with Crippen LogP contribution in [-0.2, 0) is 6.42 Å². The Morgan fingerprint density at radius 3 is 2.94 bits per heavy atom. The monoisotopic (exact) mass is 244 g/mol. The molecule has 5 nitrogen and oxygen atoms in total. The minimum absolute atomic E-state index is 0.294. The second-order valence-corrected chi connectivity index (χ2v) is 4.50. The number of aromatic nitrogens is 2. The molecule has 16 heavy (non-hydrogen) atoms. The molecule has 0 fully saturated rings. The summed E-state index contributed by atoms with van der Waals surface area (Å²) in [5.74, 6) is 0.923. The van der Waals surface area contributed by atoms with Gasteiger partial charge in [-0.05, 0) is 13.3 Å². The van der Waals surface area contributed by atoms with Crippen LogP contribution in [0.1, 0.15) is 26.1 Å². The van der Waals surface area contributed by atoms with Gasteiger partial charge in [0.05, 0.1) is 6.10 Å². The standard InChI is InChI=1S/C10H20N4OS/c1-3-4-9-13-10(16-14-9)12-6-5-11-7-8(2)15/h8,11,15H,3-7H2,1-2H3,(H,12,13,14). The SMILES string of the molecule is CCCc1nsc(NCCNCC(C)O)n1. The van der Waals surface area contributed by atoms with Crippen LogP contribution in [0.4, 0.5) is 5.13 Å². The molecule has 3 N–H and O–H groups in total. The van der Waals surface area contributed by atoms with Gasteiger partial charge in [0.15, 0.2) is 0 Å². The summed E-state index contributed by atoms with van der Waals surface area (Å²) in [4.78, 5) is 4.35. The Balaban J connectivity index is 2.12. The zero-order chi connectivity index (χ0) is 11.8. The smallest absolute Gasteiger partial charge is 0.202 e. The highest BCUT2D eigenvalue weighted by atomic mass is 32.1. The Hall–Kier alpha value is -0.720. The van der Waals surface area contributed by atoms with E-state index in [1.807, 2.05) is 0 Å². The minimum atomic E-state index is -0.294. The molecule has 92 valence electrons. The van der Waals surface area contributed by atoms with Gasteiger partial charge in [0.1, 0.15) is 5.82 Å². The summed E-state index contributed by atoms with van der Waals surface area (Å²) in [6.07, 6.45) is 1.72. The van der Waals surface area contributed by atoms with Crippen molar-refractivity contribution < 1.29 is 5.11 Å². The number of hydrogen-bond acceptors (Lipinski definition) is 6. The molecule has 0 aliphatic heterocycles. The molecule has 1 heterocycles. The molecule has 0 aromatic carbocycles. The number of aliphatic hydroxyl groups excluding tert-OH is 1. The average molecular weight is 244 g/mol. The summed E-state index contributed by atoms with van der Waals surface area (Å²) in [6.45, 7) is 6.12. The Labute approximate surface area is 100 Å². The molecular weight excluding hydrogens is 224 g/mol.